The van der Waals surface area contributed by atoms with Gasteiger partial charge < -0.3 is 5.32 Å². The van der Waals surface area contributed by atoms with Crippen molar-refractivity contribution in [1.29, 1.82) is 0 Å². The zero-order chi connectivity index (χ0) is 32.7. The Balaban J connectivity index is 1.16. The van der Waals surface area contributed by atoms with Crippen LogP contribution in [0.1, 0.15) is 11.3 Å². The van der Waals surface area contributed by atoms with Gasteiger partial charge in [0.05, 0.1) is 27.4 Å². The first-order chi connectivity index (χ1) is 22.8. The third kappa shape index (κ3) is 5.95. The van der Waals surface area contributed by atoms with Crippen molar-refractivity contribution in [2.75, 3.05) is 11.1 Å². The Morgan fingerprint density at radius 2 is 1.68 bits per heavy atom. The minimum Gasteiger partial charge on any atom is -0.325 e. The Morgan fingerprint density at radius 3 is 2.45 bits per heavy atom. The molecule has 0 unspecified atom stereocenters. The molecule has 234 valence electrons. The van der Waals surface area contributed by atoms with Crippen LogP contribution in [0.4, 0.5) is 5.69 Å². The fraction of sp³-hybridized carbons (Fsp3) is 0.114. The average molecular weight is 723 g/mol. The number of carbonyl (C=O) groups excluding carboxylic acids is 1. The van der Waals surface area contributed by atoms with Crippen LogP contribution in [0.2, 0.25) is 0 Å². The second-order valence-corrected chi connectivity index (χ2v) is 13.8. The van der Waals surface area contributed by atoms with E-state index in [1.54, 1.807) is 20.6 Å². The van der Waals surface area contributed by atoms with Crippen LogP contribution < -0.4 is 10.9 Å². The number of fused-ring (bicyclic) bond motifs is 1. The summed E-state index contributed by atoms with van der Waals surface area (Å²) in [5.41, 5.74) is 6.27. The molecule has 1 N–H and O–H groups in total. The van der Waals surface area contributed by atoms with Gasteiger partial charge in [0.1, 0.15) is 10.7 Å². The van der Waals surface area contributed by atoms with E-state index in [1.807, 2.05) is 104 Å². The molecule has 47 heavy (non-hydrogen) atoms. The second-order valence-electron chi connectivity index (χ2n) is 10.9. The number of hydrogen-bond donors (Lipinski definition) is 1. The van der Waals surface area contributed by atoms with Gasteiger partial charge in [-0.15, -0.1) is 21.5 Å². The van der Waals surface area contributed by atoms with Crippen molar-refractivity contribution in [2.24, 2.45) is 7.05 Å². The van der Waals surface area contributed by atoms with Crippen LogP contribution >= 0.6 is 39.0 Å². The topological polar surface area (TPSA) is 99.6 Å². The smallest absolute Gasteiger partial charge is 0.296 e. The maximum Gasteiger partial charge on any atom is 0.296 e. The Hall–Kier alpha value is -4.78. The summed E-state index contributed by atoms with van der Waals surface area (Å²) < 4.78 is 7.15. The van der Waals surface area contributed by atoms with Crippen molar-refractivity contribution in [1.82, 2.24) is 29.1 Å². The number of benzene rings is 4. The number of rotatable bonds is 8. The number of halogens is 1. The number of thioether (sulfide) groups is 1. The minimum absolute atomic E-state index is 0.0613. The molecule has 9 nitrogen and oxygen atoms in total. The average Bonchev–Trinajstić information content (AvgIpc) is 3.74. The Bertz CT molecular complexity index is 2320. The number of thiazole rings is 1. The quantitative estimate of drug-likeness (QED) is 0.161. The molecule has 0 aliphatic rings. The summed E-state index contributed by atoms with van der Waals surface area (Å²) in [6.45, 7) is 3.96. The molecule has 7 aromatic rings. The molecular formula is C35H28BrN7O2S2. The van der Waals surface area contributed by atoms with E-state index >= 15 is 0 Å². The fourth-order valence-corrected chi connectivity index (χ4v) is 7.64. The normalized spacial score (nSPS) is 11.3. The second kappa shape index (κ2) is 12.8. The van der Waals surface area contributed by atoms with Gasteiger partial charge in [0, 0.05) is 28.3 Å². The number of carbonyl (C=O) groups is 1. The predicted octanol–water partition coefficient (Wildman–Crippen LogP) is 7.81. The number of nitrogens with zero attached hydrogens (tertiary/aromatic N) is 6. The van der Waals surface area contributed by atoms with E-state index < -0.39 is 0 Å². The predicted molar refractivity (Wildman–Crippen MR) is 193 cm³/mol. The summed E-state index contributed by atoms with van der Waals surface area (Å²) in [5.74, 6) is 0.347. The van der Waals surface area contributed by atoms with Gasteiger partial charge in [0.2, 0.25) is 5.91 Å². The van der Waals surface area contributed by atoms with Crippen molar-refractivity contribution in [3.63, 3.8) is 0 Å². The lowest BCUT2D eigenvalue weighted by molar-refractivity contribution is -0.113. The molecule has 0 aliphatic carbocycles. The van der Waals surface area contributed by atoms with Gasteiger partial charge in [-0.3, -0.25) is 18.8 Å². The van der Waals surface area contributed by atoms with E-state index in [4.69, 9.17) is 4.98 Å². The lowest BCUT2D eigenvalue weighted by Crippen LogP contribution is -2.22. The van der Waals surface area contributed by atoms with E-state index in [1.165, 1.54) is 17.3 Å². The Kier molecular flexibility index (Phi) is 8.39. The van der Waals surface area contributed by atoms with Gasteiger partial charge in [0.25, 0.3) is 5.56 Å². The number of hydrogen-bond acceptors (Lipinski definition) is 7. The van der Waals surface area contributed by atoms with Crippen LogP contribution in [0.25, 0.3) is 43.6 Å². The molecule has 3 heterocycles. The Labute approximate surface area is 287 Å². The highest BCUT2D eigenvalue weighted by Gasteiger charge is 2.26. The highest BCUT2D eigenvalue weighted by atomic mass is 79.9. The first kappa shape index (κ1) is 30.9. The first-order valence-corrected chi connectivity index (χ1v) is 17.3. The van der Waals surface area contributed by atoms with Crippen LogP contribution in [-0.2, 0) is 11.8 Å². The van der Waals surface area contributed by atoms with Crippen molar-refractivity contribution in [2.45, 2.75) is 19.0 Å². The number of amides is 1. The van der Waals surface area contributed by atoms with Crippen molar-refractivity contribution in [3.05, 3.63) is 123 Å². The van der Waals surface area contributed by atoms with E-state index in [9.17, 15) is 9.59 Å². The van der Waals surface area contributed by atoms with Crippen LogP contribution in [-0.4, -0.2) is 40.8 Å². The van der Waals surface area contributed by atoms with Crippen LogP contribution in [0.3, 0.4) is 0 Å². The van der Waals surface area contributed by atoms with Gasteiger partial charge in [-0.2, -0.15) is 0 Å². The lowest BCUT2D eigenvalue weighted by Gasteiger charge is -2.10. The molecule has 7 rings (SSSR count). The molecule has 4 aromatic carbocycles. The molecule has 0 spiro atoms. The van der Waals surface area contributed by atoms with Gasteiger partial charge in [0.15, 0.2) is 11.0 Å². The molecule has 0 aliphatic heterocycles. The molecule has 0 fully saturated rings. The maximum absolute atomic E-state index is 14.1. The van der Waals surface area contributed by atoms with E-state index in [0.29, 0.717) is 22.4 Å². The van der Waals surface area contributed by atoms with Gasteiger partial charge in [-0.05, 0) is 74.0 Å². The fourth-order valence-electron chi connectivity index (χ4n) is 5.37. The van der Waals surface area contributed by atoms with E-state index in [-0.39, 0.29) is 17.2 Å². The van der Waals surface area contributed by atoms with Crippen LogP contribution in [0, 0.1) is 13.8 Å². The van der Waals surface area contributed by atoms with E-state index in [0.717, 1.165) is 42.2 Å². The van der Waals surface area contributed by atoms with E-state index in [2.05, 4.69) is 50.5 Å². The zero-order valence-electron chi connectivity index (χ0n) is 25.6. The number of aryl methyl sites for hydroxylation is 1. The van der Waals surface area contributed by atoms with Crippen molar-refractivity contribution >= 4 is 60.8 Å². The number of nitrogens with one attached hydrogen (secondary N) is 1. The number of para-hydroxylation sites is 1. The Morgan fingerprint density at radius 1 is 0.936 bits per heavy atom. The molecule has 0 saturated heterocycles. The van der Waals surface area contributed by atoms with Gasteiger partial charge >= 0.3 is 0 Å². The third-order valence-corrected chi connectivity index (χ3v) is 10.5. The number of anilines is 1. The lowest BCUT2D eigenvalue weighted by atomic mass is 10.2. The molecule has 1 amide bonds. The third-order valence-electron chi connectivity index (χ3n) is 7.79. The molecular weight excluding hydrogens is 694 g/mol. The monoisotopic (exact) mass is 721 g/mol. The maximum atomic E-state index is 14.1. The molecule has 0 saturated carbocycles. The van der Waals surface area contributed by atoms with Gasteiger partial charge in [-0.1, -0.05) is 70.2 Å². The van der Waals surface area contributed by atoms with Crippen LogP contribution in [0.5, 0.6) is 0 Å². The summed E-state index contributed by atoms with van der Waals surface area (Å²) in [6.07, 6.45) is 0. The summed E-state index contributed by atoms with van der Waals surface area (Å²) in [5, 5.41) is 13.3. The van der Waals surface area contributed by atoms with Gasteiger partial charge in [-0.25, -0.2) is 9.67 Å². The SMILES string of the molecule is Cc1ccc2nc(-c3ccc(NC(=O)CSc4nnc(-c5ccccc5Br)n4-c4c(C)n(C)n(-c5ccccc5)c4=O)cc3)sc2c1. The molecule has 3 aromatic heterocycles. The molecule has 12 heteroatoms. The summed E-state index contributed by atoms with van der Waals surface area (Å²) >= 11 is 6.50. The molecule has 0 radical (unpaired) electrons. The summed E-state index contributed by atoms with van der Waals surface area (Å²) in [6, 6.07) is 31.0. The van der Waals surface area contributed by atoms with Crippen molar-refractivity contribution < 1.29 is 4.79 Å². The minimum atomic E-state index is -0.223. The zero-order valence-corrected chi connectivity index (χ0v) is 28.9. The highest BCUT2D eigenvalue weighted by Crippen LogP contribution is 2.34. The highest BCUT2D eigenvalue weighted by molar-refractivity contribution is 9.10. The van der Waals surface area contributed by atoms with Crippen LogP contribution in [0.15, 0.2) is 111 Å². The molecule has 0 atom stereocenters. The van der Waals surface area contributed by atoms with Crippen molar-refractivity contribution in [3.8, 4) is 33.3 Å². The standard InChI is InChI=1S/C35H28BrN7O2S2/c1-21-13-18-28-29(19-21)47-33(38-28)23-14-16-24(17-15-23)37-30(44)20-46-35-40-39-32(26-11-7-8-12-27(26)36)42(35)31-22(2)41(3)43(34(31)45)25-9-5-4-6-10-25/h4-19H,20H2,1-3H3,(H,37,44). The molecule has 0 bridgehead atoms. The largest absolute Gasteiger partial charge is 0.325 e. The first-order valence-electron chi connectivity index (χ1n) is 14.7. The summed E-state index contributed by atoms with van der Waals surface area (Å²) in [7, 11) is 1.85. The number of aromatic nitrogens is 6. The summed E-state index contributed by atoms with van der Waals surface area (Å²) in [4.78, 5) is 32.0.